The van der Waals surface area contributed by atoms with Crippen LogP contribution in [0.5, 0.6) is 5.75 Å². The molecule has 0 fully saturated rings. The van der Waals surface area contributed by atoms with E-state index >= 15 is 0 Å². The fourth-order valence-electron chi connectivity index (χ4n) is 3.41. The van der Waals surface area contributed by atoms with Crippen molar-refractivity contribution in [3.63, 3.8) is 0 Å². The molecular weight excluding hydrogens is 318 g/mol. The Hall–Kier alpha value is -2.24. The van der Waals surface area contributed by atoms with E-state index in [0.717, 1.165) is 12.3 Å². The van der Waals surface area contributed by atoms with Crippen molar-refractivity contribution in [2.24, 2.45) is 0 Å². The largest absolute Gasteiger partial charge is 0.497 e. The molecule has 140 valence electrons. The van der Waals surface area contributed by atoms with Crippen molar-refractivity contribution in [1.29, 1.82) is 0 Å². The zero-order chi connectivity index (χ0) is 19.7. The van der Waals surface area contributed by atoms with E-state index in [1.807, 2.05) is 13.8 Å². The normalized spacial score (nSPS) is 18.2. The number of hydrogen-bond acceptors (Lipinski definition) is 2. The summed E-state index contributed by atoms with van der Waals surface area (Å²) >= 11 is 0. The quantitative estimate of drug-likeness (QED) is 0.633. The summed E-state index contributed by atoms with van der Waals surface area (Å²) in [5.41, 5.74) is 5.49. The maximum absolute atomic E-state index is 5.40. The molecule has 26 heavy (non-hydrogen) atoms. The molecule has 2 heteroatoms. The van der Waals surface area contributed by atoms with Gasteiger partial charge in [0.15, 0.2) is 0 Å². The molecule has 2 aromatic rings. The van der Waals surface area contributed by atoms with Gasteiger partial charge in [-0.05, 0) is 55.6 Å². The molecule has 2 atom stereocenters. The summed E-state index contributed by atoms with van der Waals surface area (Å²) in [6.45, 7) is 11.1. The van der Waals surface area contributed by atoms with Gasteiger partial charge in [-0.3, -0.25) is 4.90 Å². The summed E-state index contributed by atoms with van der Waals surface area (Å²) in [6.07, 6.45) is 4.60. The number of aryl methyl sites for hydroxylation is 1. The molecule has 0 N–H and O–H groups in total. The summed E-state index contributed by atoms with van der Waals surface area (Å²) in [7, 11) is 3.95. The Morgan fingerprint density at radius 1 is 1.08 bits per heavy atom. The molecule has 1 heterocycles. The maximum Gasteiger partial charge on any atom is 0.119 e. The van der Waals surface area contributed by atoms with E-state index in [9.17, 15) is 0 Å². The van der Waals surface area contributed by atoms with Crippen molar-refractivity contribution in [3.05, 3.63) is 64.7 Å². The van der Waals surface area contributed by atoms with Crippen LogP contribution in [0.4, 0.5) is 0 Å². The van der Waals surface area contributed by atoms with E-state index in [2.05, 4.69) is 80.6 Å². The van der Waals surface area contributed by atoms with Crippen molar-refractivity contribution in [2.45, 2.75) is 46.6 Å². The number of ether oxygens (including phenoxy) is 1. The van der Waals surface area contributed by atoms with Crippen molar-refractivity contribution in [3.8, 4) is 18.1 Å². The molecular formula is C24H33NO. The van der Waals surface area contributed by atoms with Crippen molar-refractivity contribution in [1.82, 2.24) is 4.90 Å². The molecule has 2 aromatic carbocycles. The van der Waals surface area contributed by atoms with Gasteiger partial charge in [-0.25, -0.2) is 0 Å². The van der Waals surface area contributed by atoms with Crippen molar-refractivity contribution in [2.75, 3.05) is 20.7 Å². The third-order valence-corrected chi connectivity index (χ3v) is 4.52. The fourth-order valence-corrected chi connectivity index (χ4v) is 3.41. The molecule has 0 aromatic heterocycles. The predicted molar refractivity (Wildman–Crippen MR) is 113 cm³/mol. The summed E-state index contributed by atoms with van der Waals surface area (Å²) in [5, 5.41) is 0. The Morgan fingerprint density at radius 2 is 1.65 bits per heavy atom. The van der Waals surface area contributed by atoms with Crippen LogP contribution >= 0.6 is 0 Å². The van der Waals surface area contributed by atoms with E-state index in [-0.39, 0.29) is 0 Å². The van der Waals surface area contributed by atoms with E-state index in [0.29, 0.717) is 12.0 Å². The highest BCUT2D eigenvalue weighted by atomic mass is 16.5. The number of nitrogens with zero attached hydrogens (tertiary/aromatic N) is 1. The minimum absolute atomic E-state index is 0.336. The van der Waals surface area contributed by atoms with Gasteiger partial charge in [0.2, 0.25) is 0 Å². The SMILES string of the molecule is C#CC.CC.COc1ccc2c(c1)C(C)CN(C)C2c1ccc(C)cc1. The fraction of sp³-hybridized carbons (Fsp3) is 0.417. The maximum atomic E-state index is 5.40. The Balaban J connectivity index is 0.000000615. The molecule has 1 aliphatic heterocycles. The van der Waals surface area contributed by atoms with Gasteiger partial charge in [-0.1, -0.05) is 56.7 Å². The highest BCUT2D eigenvalue weighted by molar-refractivity contribution is 5.45. The van der Waals surface area contributed by atoms with Gasteiger partial charge in [0.25, 0.3) is 0 Å². The monoisotopic (exact) mass is 351 g/mol. The van der Waals surface area contributed by atoms with Crippen LogP contribution in [0.1, 0.15) is 61.9 Å². The first-order valence-corrected chi connectivity index (χ1v) is 9.33. The standard InChI is InChI=1S/C19H23NO.C3H4.C2H6/c1-13-5-7-15(8-6-13)19-17-10-9-16(21-4)11-18(17)14(2)12-20(19)3;1-3-2;1-2/h5-11,14,19H,12H2,1-4H3;1H,2H3;1-2H3. The molecule has 0 radical (unpaired) electrons. The first-order chi connectivity index (χ1) is 12.5. The second-order valence-corrected chi connectivity index (χ2v) is 6.44. The van der Waals surface area contributed by atoms with Crippen molar-refractivity contribution >= 4 is 0 Å². The van der Waals surface area contributed by atoms with Gasteiger partial charge in [-0.2, -0.15) is 0 Å². The van der Waals surface area contributed by atoms with Gasteiger partial charge in [0, 0.05) is 6.54 Å². The second kappa shape index (κ2) is 10.7. The molecule has 2 nitrogen and oxygen atoms in total. The average Bonchev–Trinajstić information content (AvgIpc) is 2.65. The number of terminal acetylenes is 1. The van der Waals surface area contributed by atoms with Gasteiger partial charge in [0.1, 0.15) is 5.75 Å². The number of likely N-dealkylation sites (N-methyl/N-ethyl adjacent to an activating group) is 1. The summed E-state index contributed by atoms with van der Waals surface area (Å²) in [6, 6.07) is 15.7. The second-order valence-electron chi connectivity index (χ2n) is 6.44. The van der Waals surface area contributed by atoms with E-state index in [1.165, 1.54) is 22.3 Å². The highest BCUT2D eigenvalue weighted by Gasteiger charge is 2.30. The molecule has 0 bridgehead atoms. The van der Waals surface area contributed by atoms with Crippen LogP contribution in [-0.2, 0) is 0 Å². The smallest absolute Gasteiger partial charge is 0.119 e. The molecule has 2 unspecified atom stereocenters. The number of methoxy groups -OCH3 is 1. The average molecular weight is 352 g/mol. The van der Waals surface area contributed by atoms with Crippen LogP contribution in [0.25, 0.3) is 0 Å². The van der Waals surface area contributed by atoms with Crippen molar-refractivity contribution < 1.29 is 4.74 Å². The lowest BCUT2D eigenvalue weighted by atomic mass is 9.83. The van der Waals surface area contributed by atoms with Crippen LogP contribution < -0.4 is 4.74 Å². The van der Waals surface area contributed by atoms with Gasteiger partial charge in [-0.15, -0.1) is 12.3 Å². The van der Waals surface area contributed by atoms with E-state index in [1.54, 1.807) is 14.0 Å². The predicted octanol–water partition coefficient (Wildman–Crippen LogP) is 5.81. The van der Waals surface area contributed by atoms with Crippen LogP contribution in [-0.4, -0.2) is 25.6 Å². The lowest BCUT2D eigenvalue weighted by molar-refractivity contribution is 0.244. The third-order valence-electron chi connectivity index (χ3n) is 4.52. The molecule has 0 saturated carbocycles. The molecule has 0 aliphatic carbocycles. The van der Waals surface area contributed by atoms with Crippen LogP contribution in [0.3, 0.4) is 0 Å². The molecule has 3 rings (SSSR count). The lowest BCUT2D eigenvalue weighted by Gasteiger charge is -2.38. The van der Waals surface area contributed by atoms with Gasteiger partial charge >= 0.3 is 0 Å². The van der Waals surface area contributed by atoms with Crippen LogP contribution in [0.15, 0.2) is 42.5 Å². The molecule has 1 aliphatic rings. The summed E-state index contributed by atoms with van der Waals surface area (Å²) < 4.78 is 5.40. The molecule has 0 amide bonds. The first-order valence-electron chi connectivity index (χ1n) is 9.33. The van der Waals surface area contributed by atoms with Gasteiger partial charge in [0.05, 0.1) is 13.2 Å². The topological polar surface area (TPSA) is 12.5 Å². The molecule has 0 spiro atoms. The zero-order valence-corrected chi connectivity index (χ0v) is 17.3. The Morgan fingerprint density at radius 3 is 2.19 bits per heavy atom. The first kappa shape index (κ1) is 21.8. The van der Waals surface area contributed by atoms with Crippen LogP contribution in [0.2, 0.25) is 0 Å². The third kappa shape index (κ3) is 5.13. The zero-order valence-electron chi connectivity index (χ0n) is 17.3. The lowest BCUT2D eigenvalue weighted by Crippen LogP contribution is -2.34. The summed E-state index contributed by atoms with van der Waals surface area (Å²) in [4.78, 5) is 2.45. The summed E-state index contributed by atoms with van der Waals surface area (Å²) in [5.74, 6) is 3.73. The Kier molecular flexibility index (Phi) is 8.96. The van der Waals surface area contributed by atoms with Gasteiger partial charge < -0.3 is 4.74 Å². The van der Waals surface area contributed by atoms with E-state index < -0.39 is 0 Å². The van der Waals surface area contributed by atoms with Crippen LogP contribution in [0, 0.1) is 19.3 Å². The number of fused-ring (bicyclic) bond motifs is 1. The number of benzene rings is 2. The van der Waals surface area contributed by atoms with E-state index in [4.69, 9.17) is 4.74 Å². The number of rotatable bonds is 2. The Labute approximate surface area is 160 Å². The minimum atomic E-state index is 0.336. The minimum Gasteiger partial charge on any atom is -0.497 e. The Bertz CT molecular complexity index is 712. The molecule has 0 saturated heterocycles. The highest BCUT2D eigenvalue weighted by Crippen LogP contribution is 2.40. The number of hydrogen-bond donors (Lipinski definition) is 0.